The molecule has 1 aromatic carbocycles. The van der Waals surface area contributed by atoms with Gasteiger partial charge in [0.05, 0.1) is 16.6 Å². The van der Waals surface area contributed by atoms with Crippen molar-refractivity contribution in [1.82, 2.24) is 10.2 Å². The first-order valence-electron chi connectivity index (χ1n) is 4.69. The third kappa shape index (κ3) is 2.17. The minimum atomic E-state index is -1.28. The molecule has 0 aliphatic rings. The molecule has 94 valence electrons. The Morgan fingerprint density at radius 2 is 2.00 bits per heavy atom. The first-order valence-corrected chi connectivity index (χ1v) is 5.51. The zero-order chi connectivity index (χ0) is 13.3. The first kappa shape index (κ1) is 12.5. The van der Waals surface area contributed by atoms with E-state index in [-0.39, 0.29) is 17.1 Å². The summed E-state index contributed by atoms with van der Waals surface area (Å²) in [5.74, 6) is -2.46. The number of aromatic nitrogens is 2. The second-order valence-electron chi connectivity index (χ2n) is 3.25. The molecule has 0 spiro atoms. The quantitative estimate of drug-likeness (QED) is 0.679. The molecule has 0 radical (unpaired) electrons. The van der Waals surface area contributed by atoms with Gasteiger partial charge in [-0.3, -0.25) is 10.1 Å². The summed E-state index contributed by atoms with van der Waals surface area (Å²) in [5.41, 5.74) is 4.66. The van der Waals surface area contributed by atoms with Crippen LogP contribution in [0, 0.1) is 21.7 Å². The molecule has 1 aromatic heterocycles. The van der Waals surface area contributed by atoms with Gasteiger partial charge in [-0.05, 0) is 6.07 Å². The highest BCUT2D eigenvalue weighted by atomic mass is 32.1. The van der Waals surface area contributed by atoms with Crippen molar-refractivity contribution in [2.45, 2.75) is 6.54 Å². The summed E-state index contributed by atoms with van der Waals surface area (Å²) in [5, 5.41) is 18.7. The van der Waals surface area contributed by atoms with E-state index in [9.17, 15) is 18.9 Å². The lowest BCUT2D eigenvalue weighted by atomic mass is 10.2. The second-order valence-corrected chi connectivity index (χ2v) is 4.31. The number of hydrogen-bond acceptors (Lipinski definition) is 6. The number of nitrogens with zero attached hydrogens (tertiary/aromatic N) is 3. The van der Waals surface area contributed by atoms with E-state index in [1.807, 2.05) is 0 Å². The Kier molecular flexibility index (Phi) is 3.26. The van der Waals surface area contributed by atoms with E-state index in [0.717, 1.165) is 17.4 Å². The number of nitrogens with two attached hydrogens (primary N) is 1. The van der Waals surface area contributed by atoms with Crippen LogP contribution in [0.25, 0.3) is 10.6 Å². The molecular weight excluding hydrogens is 266 g/mol. The maximum Gasteiger partial charge on any atom is 0.282 e. The fourth-order valence-corrected chi connectivity index (χ4v) is 2.05. The number of rotatable bonds is 3. The van der Waals surface area contributed by atoms with Gasteiger partial charge in [-0.25, -0.2) is 8.78 Å². The maximum atomic E-state index is 13.1. The minimum Gasteiger partial charge on any atom is -0.324 e. The van der Waals surface area contributed by atoms with Crippen molar-refractivity contribution in [3.05, 3.63) is 38.9 Å². The Morgan fingerprint density at radius 1 is 1.33 bits per heavy atom. The van der Waals surface area contributed by atoms with Gasteiger partial charge >= 0.3 is 0 Å². The molecule has 0 bridgehead atoms. The lowest BCUT2D eigenvalue weighted by molar-refractivity contribution is -0.384. The standard InChI is InChI=1S/C9H6F2N4O2S/c10-5-1-4(7(15(16)17)2-6(5)11)9-14-13-8(3-12)18-9/h1-2H,3,12H2. The molecule has 0 unspecified atom stereocenters. The van der Waals surface area contributed by atoms with Crippen molar-refractivity contribution in [2.24, 2.45) is 5.73 Å². The Balaban J connectivity index is 2.61. The third-order valence-corrected chi connectivity index (χ3v) is 3.09. The maximum absolute atomic E-state index is 13.1. The summed E-state index contributed by atoms with van der Waals surface area (Å²) >= 11 is 0.991. The van der Waals surface area contributed by atoms with Gasteiger partial charge in [0, 0.05) is 6.54 Å². The van der Waals surface area contributed by atoms with E-state index >= 15 is 0 Å². The van der Waals surface area contributed by atoms with E-state index in [2.05, 4.69) is 10.2 Å². The van der Waals surface area contributed by atoms with Crippen LogP contribution in [-0.4, -0.2) is 15.1 Å². The molecular formula is C9H6F2N4O2S. The van der Waals surface area contributed by atoms with Gasteiger partial charge in [-0.15, -0.1) is 10.2 Å². The molecule has 2 aromatic rings. The normalized spacial score (nSPS) is 10.6. The van der Waals surface area contributed by atoms with E-state index in [0.29, 0.717) is 11.1 Å². The Labute approximate surface area is 103 Å². The van der Waals surface area contributed by atoms with Crippen LogP contribution in [0.5, 0.6) is 0 Å². The van der Waals surface area contributed by atoms with Gasteiger partial charge in [0.2, 0.25) is 0 Å². The molecule has 0 saturated carbocycles. The van der Waals surface area contributed by atoms with E-state index in [1.54, 1.807) is 0 Å². The van der Waals surface area contributed by atoms with Crippen LogP contribution < -0.4 is 5.73 Å². The van der Waals surface area contributed by atoms with Crippen molar-refractivity contribution in [1.29, 1.82) is 0 Å². The van der Waals surface area contributed by atoms with Crippen molar-refractivity contribution >= 4 is 17.0 Å². The number of nitro groups is 1. The van der Waals surface area contributed by atoms with Gasteiger partial charge < -0.3 is 5.73 Å². The number of nitro benzene ring substituents is 1. The van der Waals surface area contributed by atoms with Gasteiger partial charge in [0.1, 0.15) is 5.01 Å². The van der Waals surface area contributed by atoms with Gasteiger partial charge in [0.15, 0.2) is 16.6 Å². The van der Waals surface area contributed by atoms with Gasteiger partial charge in [-0.1, -0.05) is 11.3 Å². The van der Waals surface area contributed by atoms with Crippen LogP contribution in [0.3, 0.4) is 0 Å². The lowest BCUT2D eigenvalue weighted by Gasteiger charge is -2.00. The number of halogens is 2. The summed E-state index contributed by atoms with van der Waals surface area (Å²) in [6.45, 7) is 0.120. The molecule has 18 heavy (non-hydrogen) atoms. The monoisotopic (exact) mass is 272 g/mol. The molecule has 0 amide bonds. The Morgan fingerprint density at radius 3 is 2.56 bits per heavy atom. The Hall–Kier alpha value is -2.00. The predicted molar refractivity (Wildman–Crippen MR) is 59.8 cm³/mol. The lowest BCUT2D eigenvalue weighted by Crippen LogP contribution is -1.95. The van der Waals surface area contributed by atoms with E-state index in [4.69, 9.17) is 5.73 Å². The molecule has 6 nitrogen and oxygen atoms in total. The average Bonchev–Trinajstić information content (AvgIpc) is 2.80. The SMILES string of the molecule is NCc1nnc(-c2cc(F)c(F)cc2[N+](=O)[O-])s1. The Bertz CT molecular complexity index is 617. The molecule has 9 heteroatoms. The predicted octanol–water partition coefficient (Wildman–Crippen LogP) is 1.85. The van der Waals surface area contributed by atoms with Gasteiger partial charge in [0.25, 0.3) is 5.69 Å². The summed E-state index contributed by atoms with van der Waals surface area (Å²) in [6.07, 6.45) is 0. The summed E-state index contributed by atoms with van der Waals surface area (Å²) in [7, 11) is 0. The largest absolute Gasteiger partial charge is 0.324 e. The zero-order valence-electron chi connectivity index (χ0n) is 8.76. The smallest absolute Gasteiger partial charge is 0.282 e. The summed E-state index contributed by atoms with van der Waals surface area (Å²) in [6, 6.07) is 1.25. The number of benzene rings is 1. The average molecular weight is 272 g/mol. The second kappa shape index (κ2) is 4.70. The fraction of sp³-hybridized carbons (Fsp3) is 0.111. The molecule has 0 fully saturated rings. The topological polar surface area (TPSA) is 94.9 Å². The van der Waals surface area contributed by atoms with Gasteiger partial charge in [-0.2, -0.15) is 0 Å². The number of hydrogen-bond donors (Lipinski definition) is 1. The fourth-order valence-electron chi connectivity index (χ4n) is 1.30. The van der Waals surface area contributed by atoms with Crippen LogP contribution in [0.2, 0.25) is 0 Å². The molecule has 0 aliphatic heterocycles. The first-order chi connectivity index (χ1) is 8.52. The highest BCUT2D eigenvalue weighted by Gasteiger charge is 2.22. The van der Waals surface area contributed by atoms with Crippen LogP contribution in [0.1, 0.15) is 5.01 Å². The van der Waals surface area contributed by atoms with Crippen molar-refractivity contribution in [3.63, 3.8) is 0 Å². The van der Waals surface area contributed by atoms with E-state index < -0.39 is 22.2 Å². The summed E-state index contributed by atoms with van der Waals surface area (Å²) < 4.78 is 26.1. The van der Waals surface area contributed by atoms with Crippen LogP contribution >= 0.6 is 11.3 Å². The van der Waals surface area contributed by atoms with Crippen molar-refractivity contribution in [3.8, 4) is 10.6 Å². The van der Waals surface area contributed by atoms with Crippen LogP contribution in [0.15, 0.2) is 12.1 Å². The molecule has 2 rings (SSSR count). The van der Waals surface area contributed by atoms with Crippen LogP contribution in [0.4, 0.5) is 14.5 Å². The van der Waals surface area contributed by atoms with Crippen LogP contribution in [-0.2, 0) is 6.54 Å². The molecule has 1 heterocycles. The molecule has 0 saturated heterocycles. The third-order valence-electron chi connectivity index (χ3n) is 2.11. The minimum absolute atomic E-state index is 0.115. The highest BCUT2D eigenvalue weighted by molar-refractivity contribution is 7.14. The van der Waals surface area contributed by atoms with Crippen molar-refractivity contribution < 1.29 is 13.7 Å². The van der Waals surface area contributed by atoms with Crippen molar-refractivity contribution in [2.75, 3.05) is 0 Å². The zero-order valence-corrected chi connectivity index (χ0v) is 9.58. The summed E-state index contributed by atoms with van der Waals surface area (Å²) in [4.78, 5) is 9.98. The molecule has 0 atom stereocenters. The molecule has 2 N–H and O–H groups in total. The highest BCUT2D eigenvalue weighted by Crippen LogP contribution is 2.33. The van der Waals surface area contributed by atoms with E-state index in [1.165, 1.54) is 0 Å². The molecule has 0 aliphatic carbocycles.